The Kier molecular flexibility index (Phi) is 21.1. The average Bonchev–Trinajstić information content (AvgIpc) is 0.918. The van der Waals surface area contributed by atoms with Gasteiger partial charge in [-0.15, -0.1) is 0 Å². The summed E-state index contributed by atoms with van der Waals surface area (Å²) in [6, 6.07) is 0. The van der Waals surface area contributed by atoms with Gasteiger partial charge in [0.2, 0.25) is 0 Å². The monoisotopic (exact) mass is 53.1 g/mol. The Morgan fingerprint density at radius 1 is 1.75 bits per heavy atom. The summed E-state index contributed by atoms with van der Waals surface area (Å²) in [5.74, 6) is 0. The van der Waals surface area contributed by atoms with E-state index < -0.39 is 0 Å². The maximum absolute atomic E-state index is 7.46. The van der Waals surface area contributed by atoms with Gasteiger partial charge in [0.25, 0.3) is 0 Å². The summed E-state index contributed by atoms with van der Waals surface area (Å²) in [7, 11) is 0. The van der Waals surface area contributed by atoms with Gasteiger partial charge >= 0.3 is 18.9 Å². The van der Waals surface area contributed by atoms with Gasteiger partial charge in [0.1, 0.15) is 0 Å². The molecule has 0 rings (SSSR count). The van der Waals surface area contributed by atoms with Crippen molar-refractivity contribution in [3.05, 3.63) is 6.92 Å². The van der Waals surface area contributed by atoms with Gasteiger partial charge in [0.15, 0.2) is 0 Å². The van der Waals surface area contributed by atoms with Crippen molar-refractivity contribution in [2.75, 3.05) is 6.61 Å². The third kappa shape index (κ3) is 20.0. The third-order valence-electron chi connectivity index (χ3n) is 0. The van der Waals surface area contributed by atoms with Gasteiger partial charge in [-0.3, -0.25) is 0 Å². The van der Waals surface area contributed by atoms with Crippen LogP contribution in [-0.2, 0) is 0 Å². The van der Waals surface area contributed by atoms with Crippen molar-refractivity contribution in [1.29, 1.82) is 0 Å². The molecule has 0 aromatic heterocycles. The molecule has 0 heterocycles. The van der Waals surface area contributed by atoms with Crippen LogP contribution in [0.4, 0.5) is 0 Å². The summed E-state index contributed by atoms with van der Waals surface area (Å²) in [5.41, 5.74) is 0. The molecule has 4 heavy (non-hydrogen) atoms. The van der Waals surface area contributed by atoms with Crippen LogP contribution in [0.1, 0.15) is 0 Å². The first-order valence-electron chi connectivity index (χ1n) is 0.816. The number of aliphatic hydroxyl groups is 1. The van der Waals surface area contributed by atoms with Crippen LogP contribution < -0.4 is 0 Å². The molecule has 21 valence electrons. The molecule has 0 saturated heterocycles. The molecule has 1 radical (unpaired) electrons. The number of rotatable bonds is 0. The molecule has 0 unspecified atom stereocenters. The number of hydrogen-bond donors (Lipinski definition) is 1. The molecule has 1 nitrogen and oxygen atoms in total. The van der Waals surface area contributed by atoms with Crippen molar-refractivity contribution in [2.24, 2.45) is 0 Å². The van der Waals surface area contributed by atoms with Crippen molar-refractivity contribution in [1.82, 2.24) is 0 Å². The van der Waals surface area contributed by atoms with Gasteiger partial charge in [-0.1, -0.05) is 0 Å². The SMILES string of the molecule is [CH2]CO.[LiH]. The van der Waals surface area contributed by atoms with E-state index >= 15 is 0 Å². The molecule has 0 spiro atoms. The van der Waals surface area contributed by atoms with E-state index in [2.05, 4.69) is 6.92 Å². The van der Waals surface area contributed by atoms with Gasteiger partial charge in [-0.2, -0.15) is 0 Å². The fraction of sp³-hybridized carbons (Fsp3) is 0.500. The zero-order valence-electron chi connectivity index (χ0n) is 1.86. The molecular weight excluding hydrogens is 47.0 g/mol. The van der Waals surface area contributed by atoms with Gasteiger partial charge < -0.3 is 5.11 Å². The molecular formula is C2H6LiO. The second kappa shape index (κ2) is 9.59. The van der Waals surface area contributed by atoms with Crippen LogP contribution in [-0.4, -0.2) is 30.6 Å². The van der Waals surface area contributed by atoms with E-state index in [0.29, 0.717) is 0 Å². The molecule has 0 fully saturated rings. The Morgan fingerprint density at radius 3 is 1.75 bits per heavy atom. The Morgan fingerprint density at radius 2 is 1.75 bits per heavy atom. The maximum atomic E-state index is 7.46. The van der Waals surface area contributed by atoms with Crippen LogP contribution >= 0.6 is 0 Å². The van der Waals surface area contributed by atoms with Crippen molar-refractivity contribution in [3.63, 3.8) is 0 Å². The molecule has 0 amide bonds. The quantitative estimate of drug-likeness (QED) is 0.357. The van der Waals surface area contributed by atoms with Gasteiger partial charge in [-0.05, 0) is 6.92 Å². The van der Waals surface area contributed by atoms with E-state index in [-0.39, 0.29) is 25.5 Å². The van der Waals surface area contributed by atoms with Gasteiger partial charge in [0, 0.05) is 6.61 Å². The summed E-state index contributed by atoms with van der Waals surface area (Å²) in [6.07, 6.45) is 0. The summed E-state index contributed by atoms with van der Waals surface area (Å²) in [4.78, 5) is 0. The minimum atomic E-state index is 0. The summed E-state index contributed by atoms with van der Waals surface area (Å²) in [6.45, 7) is 3.04. The predicted molar refractivity (Wildman–Crippen MR) is 19.6 cm³/mol. The van der Waals surface area contributed by atoms with E-state index in [4.69, 9.17) is 5.11 Å². The molecule has 0 aliphatic heterocycles. The van der Waals surface area contributed by atoms with Gasteiger partial charge in [-0.25, -0.2) is 0 Å². The second-order valence-corrected chi connectivity index (χ2v) is 0.224. The predicted octanol–water partition coefficient (Wildman–Crippen LogP) is -0.836. The first kappa shape index (κ1) is 8.82. The molecule has 0 aliphatic rings. The van der Waals surface area contributed by atoms with Crippen LogP contribution in [0.2, 0.25) is 0 Å². The summed E-state index contributed by atoms with van der Waals surface area (Å²) >= 11 is 0. The van der Waals surface area contributed by atoms with Crippen molar-refractivity contribution >= 4 is 18.9 Å². The van der Waals surface area contributed by atoms with Gasteiger partial charge in [0.05, 0.1) is 0 Å². The standard InChI is InChI=1S/C2H5O.Li.H/c1-2-3;;/h3H,1-2H2;;. The van der Waals surface area contributed by atoms with E-state index in [1.54, 1.807) is 0 Å². The molecule has 0 bridgehead atoms. The average molecular weight is 53.0 g/mol. The zero-order valence-corrected chi connectivity index (χ0v) is 1.86. The van der Waals surface area contributed by atoms with Crippen LogP contribution in [0.3, 0.4) is 0 Å². The van der Waals surface area contributed by atoms with Crippen molar-refractivity contribution in [3.8, 4) is 0 Å². The Bertz CT molecular complexity index is 6.00. The van der Waals surface area contributed by atoms with Crippen LogP contribution in [0.25, 0.3) is 0 Å². The fourth-order valence-electron chi connectivity index (χ4n) is 0. The first-order valence-corrected chi connectivity index (χ1v) is 0.816. The molecule has 0 atom stereocenters. The van der Waals surface area contributed by atoms with E-state index in [1.165, 1.54) is 0 Å². The molecule has 0 aromatic carbocycles. The molecule has 1 N–H and O–H groups in total. The van der Waals surface area contributed by atoms with E-state index in [1.807, 2.05) is 0 Å². The third-order valence-corrected chi connectivity index (χ3v) is 0. The first-order chi connectivity index (χ1) is 1.41. The molecule has 2 heteroatoms. The summed E-state index contributed by atoms with van der Waals surface area (Å²) in [5, 5.41) is 7.46. The zero-order chi connectivity index (χ0) is 2.71. The fourth-order valence-corrected chi connectivity index (χ4v) is 0. The minimum absolute atomic E-state index is 0. The molecule has 0 saturated carbocycles. The Labute approximate surface area is 38.2 Å². The van der Waals surface area contributed by atoms with Crippen LogP contribution in [0, 0.1) is 6.92 Å². The van der Waals surface area contributed by atoms with Crippen LogP contribution in [0.15, 0.2) is 0 Å². The topological polar surface area (TPSA) is 20.2 Å². The normalized spacial score (nSPS) is 4.50. The van der Waals surface area contributed by atoms with Crippen molar-refractivity contribution < 1.29 is 5.11 Å². The molecule has 0 aromatic rings. The van der Waals surface area contributed by atoms with E-state index in [9.17, 15) is 0 Å². The second-order valence-electron chi connectivity index (χ2n) is 0.224. The molecule has 0 aliphatic carbocycles. The Hall–Kier alpha value is 0.557. The van der Waals surface area contributed by atoms with E-state index in [0.717, 1.165) is 0 Å². The number of hydrogen-bond acceptors (Lipinski definition) is 1. The number of aliphatic hydroxyl groups excluding tert-OH is 1. The van der Waals surface area contributed by atoms with Crippen molar-refractivity contribution in [2.45, 2.75) is 0 Å². The Balaban J connectivity index is 0. The summed E-state index contributed by atoms with van der Waals surface area (Å²) < 4.78 is 0. The van der Waals surface area contributed by atoms with Crippen LogP contribution in [0.5, 0.6) is 0 Å².